The van der Waals surface area contributed by atoms with Crippen molar-refractivity contribution in [2.24, 2.45) is 12.8 Å². The highest BCUT2D eigenvalue weighted by atomic mass is 15.3. The van der Waals surface area contributed by atoms with Gasteiger partial charge in [-0.1, -0.05) is 13.8 Å². The number of nitrogens with two attached hydrogens (primary N) is 1. The number of aromatic nitrogens is 4. The van der Waals surface area contributed by atoms with Gasteiger partial charge in [-0.3, -0.25) is 9.36 Å². The summed E-state index contributed by atoms with van der Waals surface area (Å²) in [6.07, 6.45) is 2.86. The zero-order valence-electron chi connectivity index (χ0n) is 13.0. The van der Waals surface area contributed by atoms with Gasteiger partial charge in [-0.05, 0) is 44.4 Å². The third-order valence-electron chi connectivity index (χ3n) is 3.72. The fraction of sp³-hybridized carbons (Fsp3) is 0.600. The van der Waals surface area contributed by atoms with Crippen molar-refractivity contribution in [3.63, 3.8) is 0 Å². The van der Waals surface area contributed by atoms with Crippen LogP contribution >= 0.6 is 0 Å². The summed E-state index contributed by atoms with van der Waals surface area (Å²) in [6.45, 7) is 7.81. The number of nitrogens with zero attached hydrogens (tertiary/aromatic N) is 4. The molecule has 0 saturated carbocycles. The summed E-state index contributed by atoms with van der Waals surface area (Å²) in [5, 5.41) is 9.19. The van der Waals surface area contributed by atoms with Crippen LogP contribution < -0.4 is 5.73 Å². The van der Waals surface area contributed by atoms with Crippen LogP contribution in [0.1, 0.15) is 42.2 Å². The molecule has 2 aromatic heterocycles. The smallest absolute Gasteiger partial charge is 0.0831 e. The molecule has 0 aliphatic rings. The molecule has 0 aliphatic carbocycles. The van der Waals surface area contributed by atoms with Gasteiger partial charge in [-0.25, -0.2) is 0 Å². The maximum atomic E-state index is 5.75. The van der Waals surface area contributed by atoms with Crippen LogP contribution in [0.4, 0.5) is 0 Å². The average molecular weight is 275 g/mol. The molecule has 0 spiro atoms. The van der Waals surface area contributed by atoms with Crippen LogP contribution in [0.15, 0.2) is 6.07 Å². The second-order valence-corrected chi connectivity index (χ2v) is 5.18. The molecule has 0 atom stereocenters. The highest BCUT2D eigenvalue weighted by Crippen LogP contribution is 2.18. The summed E-state index contributed by atoms with van der Waals surface area (Å²) in [6, 6.07) is 2.12. The van der Waals surface area contributed by atoms with Crippen molar-refractivity contribution in [1.29, 1.82) is 0 Å². The average Bonchev–Trinajstić information content (AvgIpc) is 2.91. The Labute approximate surface area is 120 Å². The van der Waals surface area contributed by atoms with E-state index in [1.807, 2.05) is 18.7 Å². The highest BCUT2D eigenvalue weighted by molar-refractivity contribution is 5.28. The first kappa shape index (κ1) is 14.8. The molecule has 0 radical (unpaired) electrons. The molecule has 0 bridgehead atoms. The third-order valence-corrected chi connectivity index (χ3v) is 3.72. The van der Waals surface area contributed by atoms with E-state index < -0.39 is 0 Å². The minimum Gasteiger partial charge on any atom is -0.330 e. The van der Waals surface area contributed by atoms with Crippen LogP contribution in [0.25, 0.3) is 0 Å². The predicted octanol–water partition coefficient (Wildman–Crippen LogP) is 1.60. The van der Waals surface area contributed by atoms with E-state index in [-0.39, 0.29) is 0 Å². The molecule has 0 saturated heterocycles. The number of hydrogen-bond donors (Lipinski definition) is 1. The number of hydrogen-bond acceptors (Lipinski definition) is 3. The summed E-state index contributed by atoms with van der Waals surface area (Å²) < 4.78 is 4.06. The first-order chi connectivity index (χ1) is 9.60. The van der Waals surface area contributed by atoms with E-state index >= 15 is 0 Å². The SMILES string of the molecule is CCc1nn(Cc2cc(C)nn2C)c(CC)c1CCN. The van der Waals surface area contributed by atoms with E-state index in [1.54, 1.807) is 0 Å². The van der Waals surface area contributed by atoms with Crippen LogP contribution in [0.2, 0.25) is 0 Å². The Bertz CT molecular complexity index is 579. The van der Waals surface area contributed by atoms with E-state index in [0.717, 1.165) is 31.5 Å². The Balaban J connectivity index is 2.38. The standard InChI is InChI=1S/C15H25N5/c1-5-14-13(7-8-16)15(6-2)20(18-14)10-12-9-11(3)17-19(12)4/h9H,5-8,10,16H2,1-4H3. The number of aryl methyl sites for hydroxylation is 3. The fourth-order valence-electron chi connectivity index (χ4n) is 2.80. The van der Waals surface area contributed by atoms with Crippen LogP contribution in [-0.2, 0) is 32.9 Å². The number of rotatable bonds is 6. The molecule has 2 rings (SSSR count). The quantitative estimate of drug-likeness (QED) is 0.871. The lowest BCUT2D eigenvalue weighted by Crippen LogP contribution is -2.11. The molecule has 2 heterocycles. The van der Waals surface area contributed by atoms with Crippen molar-refractivity contribution >= 4 is 0 Å². The van der Waals surface area contributed by atoms with Crippen LogP contribution in [0.5, 0.6) is 0 Å². The van der Waals surface area contributed by atoms with Gasteiger partial charge in [0.2, 0.25) is 0 Å². The largest absolute Gasteiger partial charge is 0.330 e. The van der Waals surface area contributed by atoms with Gasteiger partial charge < -0.3 is 5.73 Å². The van der Waals surface area contributed by atoms with Crippen LogP contribution in [0.3, 0.4) is 0 Å². The Morgan fingerprint density at radius 1 is 1.20 bits per heavy atom. The van der Waals surface area contributed by atoms with Crippen molar-refractivity contribution in [2.45, 2.75) is 46.6 Å². The zero-order chi connectivity index (χ0) is 14.7. The van der Waals surface area contributed by atoms with Gasteiger partial charge in [0.25, 0.3) is 0 Å². The Morgan fingerprint density at radius 3 is 2.45 bits per heavy atom. The van der Waals surface area contributed by atoms with Gasteiger partial charge in [-0.2, -0.15) is 10.2 Å². The maximum Gasteiger partial charge on any atom is 0.0831 e. The molecule has 20 heavy (non-hydrogen) atoms. The molecule has 2 N–H and O–H groups in total. The minimum absolute atomic E-state index is 0.677. The Morgan fingerprint density at radius 2 is 1.95 bits per heavy atom. The van der Waals surface area contributed by atoms with Crippen molar-refractivity contribution in [2.75, 3.05) is 6.54 Å². The lowest BCUT2D eigenvalue weighted by molar-refractivity contribution is 0.592. The maximum absolute atomic E-state index is 5.75. The van der Waals surface area contributed by atoms with E-state index in [1.165, 1.54) is 22.6 Å². The first-order valence-corrected chi connectivity index (χ1v) is 7.37. The highest BCUT2D eigenvalue weighted by Gasteiger charge is 2.16. The first-order valence-electron chi connectivity index (χ1n) is 7.37. The molecular weight excluding hydrogens is 250 g/mol. The third kappa shape index (κ3) is 2.77. The molecule has 110 valence electrons. The molecule has 0 aliphatic heterocycles. The van der Waals surface area contributed by atoms with E-state index in [2.05, 4.69) is 29.7 Å². The topological polar surface area (TPSA) is 61.7 Å². The van der Waals surface area contributed by atoms with Crippen molar-refractivity contribution in [1.82, 2.24) is 19.6 Å². The predicted molar refractivity (Wildman–Crippen MR) is 80.8 cm³/mol. The summed E-state index contributed by atoms with van der Waals surface area (Å²) >= 11 is 0. The minimum atomic E-state index is 0.677. The second kappa shape index (κ2) is 6.22. The van der Waals surface area contributed by atoms with Crippen LogP contribution in [0, 0.1) is 6.92 Å². The van der Waals surface area contributed by atoms with E-state index in [0.29, 0.717) is 6.54 Å². The molecule has 0 fully saturated rings. The summed E-state index contributed by atoms with van der Waals surface area (Å²) in [5.74, 6) is 0. The molecular formula is C15H25N5. The molecule has 0 unspecified atom stereocenters. The summed E-state index contributed by atoms with van der Waals surface area (Å²) in [7, 11) is 1.99. The van der Waals surface area contributed by atoms with E-state index in [9.17, 15) is 0 Å². The molecule has 0 amide bonds. The van der Waals surface area contributed by atoms with Gasteiger partial charge in [0.1, 0.15) is 0 Å². The van der Waals surface area contributed by atoms with Gasteiger partial charge in [0, 0.05) is 12.7 Å². The molecule has 5 heteroatoms. The van der Waals surface area contributed by atoms with E-state index in [4.69, 9.17) is 10.8 Å². The fourth-order valence-corrected chi connectivity index (χ4v) is 2.80. The second-order valence-electron chi connectivity index (χ2n) is 5.18. The lowest BCUT2D eigenvalue weighted by Gasteiger charge is -2.08. The van der Waals surface area contributed by atoms with Crippen LogP contribution in [-0.4, -0.2) is 26.1 Å². The zero-order valence-corrected chi connectivity index (χ0v) is 13.0. The summed E-state index contributed by atoms with van der Waals surface area (Å²) in [5.41, 5.74) is 11.8. The Hall–Kier alpha value is -1.62. The lowest BCUT2D eigenvalue weighted by atomic mass is 10.1. The van der Waals surface area contributed by atoms with Crippen molar-refractivity contribution in [3.05, 3.63) is 34.4 Å². The van der Waals surface area contributed by atoms with Gasteiger partial charge >= 0.3 is 0 Å². The van der Waals surface area contributed by atoms with Gasteiger partial charge in [-0.15, -0.1) is 0 Å². The molecule has 5 nitrogen and oxygen atoms in total. The summed E-state index contributed by atoms with van der Waals surface area (Å²) in [4.78, 5) is 0. The van der Waals surface area contributed by atoms with Gasteiger partial charge in [0.05, 0.1) is 23.6 Å². The van der Waals surface area contributed by atoms with Gasteiger partial charge in [0.15, 0.2) is 0 Å². The van der Waals surface area contributed by atoms with Crippen molar-refractivity contribution in [3.8, 4) is 0 Å². The van der Waals surface area contributed by atoms with Crippen molar-refractivity contribution < 1.29 is 0 Å². The monoisotopic (exact) mass is 275 g/mol. The molecule has 0 aromatic carbocycles. The Kier molecular flexibility index (Phi) is 4.60. The molecule has 2 aromatic rings. The normalized spacial score (nSPS) is 11.2.